The van der Waals surface area contributed by atoms with Crippen LogP contribution in [0.2, 0.25) is 0 Å². The average Bonchev–Trinajstić information content (AvgIpc) is 2.78. The first kappa shape index (κ1) is 31.6. The number of carboxylic acids is 3. The van der Waals surface area contributed by atoms with Crippen LogP contribution in [0, 0.1) is 0 Å². The number of aliphatic carboxylic acids is 3. The number of nitrogens with two attached hydrogens (primary N) is 1. The van der Waals surface area contributed by atoms with Gasteiger partial charge in [-0.3, -0.25) is 19.2 Å². The number of nitrogens with one attached hydrogen (secondary N) is 4. The molecule has 0 rings (SSSR count). The molecule has 0 aromatic carbocycles. The van der Waals surface area contributed by atoms with Crippen LogP contribution >= 0.6 is 0 Å². The maximum Gasteiger partial charge on any atom is 0.328 e. The number of carboxylic acid groups (broad SMARTS) is 3. The Labute approximate surface area is 203 Å². The summed E-state index contributed by atoms with van der Waals surface area (Å²) in [4.78, 5) is 70.0. The first-order chi connectivity index (χ1) is 16.4. The molecule has 0 fully saturated rings. The second-order valence-electron chi connectivity index (χ2n) is 8.12. The summed E-state index contributed by atoms with van der Waals surface area (Å²) in [5.41, 5.74) is 5.43. The van der Waals surface area contributed by atoms with E-state index < -0.39 is 66.5 Å². The molecule has 0 saturated carbocycles. The van der Waals surface area contributed by atoms with E-state index in [1.165, 1.54) is 6.92 Å². The Morgan fingerprint density at radius 2 is 1.43 bits per heavy atom. The van der Waals surface area contributed by atoms with Crippen LogP contribution in [0.5, 0.6) is 0 Å². The van der Waals surface area contributed by atoms with Crippen LogP contribution in [0.3, 0.4) is 0 Å². The summed E-state index contributed by atoms with van der Waals surface area (Å²) in [6.45, 7) is 2.77. The Balaban J connectivity index is 4.95. The van der Waals surface area contributed by atoms with Gasteiger partial charge in [0.15, 0.2) is 0 Å². The second-order valence-corrected chi connectivity index (χ2v) is 8.12. The largest absolute Gasteiger partial charge is 0.480 e. The van der Waals surface area contributed by atoms with Gasteiger partial charge < -0.3 is 42.3 Å². The monoisotopic (exact) mass is 503 g/mol. The van der Waals surface area contributed by atoms with E-state index in [1.807, 2.05) is 6.92 Å². The molecule has 4 amide bonds. The van der Waals surface area contributed by atoms with Crippen molar-refractivity contribution in [3.63, 3.8) is 0 Å². The van der Waals surface area contributed by atoms with Gasteiger partial charge in [-0.2, -0.15) is 0 Å². The number of urea groups is 1. The van der Waals surface area contributed by atoms with Gasteiger partial charge in [0.25, 0.3) is 0 Å². The third-order valence-electron chi connectivity index (χ3n) is 5.03. The molecule has 2 unspecified atom stereocenters. The molecule has 0 heterocycles. The van der Waals surface area contributed by atoms with Gasteiger partial charge in [-0.1, -0.05) is 26.2 Å². The van der Waals surface area contributed by atoms with E-state index in [4.69, 9.17) is 15.9 Å². The molecule has 35 heavy (non-hydrogen) atoms. The van der Waals surface area contributed by atoms with Gasteiger partial charge in [-0.25, -0.2) is 9.59 Å². The van der Waals surface area contributed by atoms with Crippen LogP contribution in [0.25, 0.3) is 0 Å². The third-order valence-corrected chi connectivity index (χ3v) is 5.03. The lowest BCUT2D eigenvalue weighted by Crippen LogP contribution is -2.55. The van der Waals surface area contributed by atoms with Gasteiger partial charge in [-0.05, 0) is 32.6 Å². The molecule has 4 atom stereocenters. The minimum Gasteiger partial charge on any atom is -0.480 e. The number of carbonyl (C=O) groups excluding carboxylic acids is 3. The average molecular weight is 504 g/mol. The van der Waals surface area contributed by atoms with E-state index in [0.29, 0.717) is 6.42 Å². The lowest BCUT2D eigenvalue weighted by Gasteiger charge is -2.21. The molecule has 0 aromatic heterocycles. The fourth-order valence-corrected chi connectivity index (χ4v) is 2.89. The highest BCUT2D eigenvalue weighted by Gasteiger charge is 2.26. The Bertz CT molecular complexity index is 747. The van der Waals surface area contributed by atoms with E-state index in [9.17, 15) is 33.9 Å². The zero-order valence-electron chi connectivity index (χ0n) is 20.0. The molecule has 14 heteroatoms. The summed E-state index contributed by atoms with van der Waals surface area (Å²) in [5.74, 6) is -5.19. The molecule has 0 radical (unpaired) electrons. The topological polar surface area (TPSA) is 237 Å². The number of carbonyl (C=O) groups is 6. The number of unbranched alkanes of at least 4 members (excludes halogenated alkanes) is 3. The van der Waals surface area contributed by atoms with E-state index in [2.05, 4.69) is 21.3 Å². The number of amides is 4. The predicted octanol–water partition coefficient (Wildman–Crippen LogP) is -0.634. The van der Waals surface area contributed by atoms with E-state index >= 15 is 0 Å². The van der Waals surface area contributed by atoms with Crippen LogP contribution < -0.4 is 27.0 Å². The molecular weight excluding hydrogens is 466 g/mol. The van der Waals surface area contributed by atoms with Gasteiger partial charge >= 0.3 is 23.9 Å². The standard InChI is InChI=1S/C21H37N5O9/c1-3-4-5-6-10-16(27)25-15(20(33)34)11-23-21(35)26-14(9-7-8-13(22)19(31)32)17(28)24-12(2)18(29)30/h12-15H,3-11,22H2,1-2H3,(H,24,28)(H,25,27)(H,29,30)(H,31,32)(H,33,34)(H2,23,26,35)/t12-,13?,14+,15?/m1/s1. The molecule has 14 nitrogen and oxygen atoms in total. The van der Waals surface area contributed by atoms with E-state index in [1.54, 1.807) is 0 Å². The molecule has 0 aliphatic heterocycles. The summed E-state index contributed by atoms with van der Waals surface area (Å²) >= 11 is 0. The molecule has 200 valence electrons. The summed E-state index contributed by atoms with van der Waals surface area (Å²) in [7, 11) is 0. The van der Waals surface area contributed by atoms with Crippen molar-refractivity contribution >= 4 is 35.8 Å². The van der Waals surface area contributed by atoms with Gasteiger partial charge in [0.1, 0.15) is 24.2 Å². The van der Waals surface area contributed by atoms with E-state index in [0.717, 1.165) is 19.3 Å². The summed E-state index contributed by atoms with van der Waals surface area (Å²) in [6, 6.07) is -5.99. The van der Waals surface area contributed by atoms with Crippen molar-refractivity contribution in [2.45, 2.75) is 89.4 Å². The van der Waals surface area contributed by atoms with Crippen LogP contribution in [-0.2, 0) is 24.0 Å². The maximum absolute atomic E-state index is 12.4. The minimum atomic E-state index is -1.40. The molecule has 0 bridgehead atoms. The van der Waals surface area contributed by atoms with Crippen molar-refractivity contribution in [2.24, 2.45) is 5.73 Å². The first-order valence-electron chi connectivity index (χ1n) is 11.5. The van der Waals surface area contributed by atoms with Crippen molar-refractivity contribution in [1.82, 2.24) is 21.3 Å². The van der Waals surface area contributed by atoms with Crippen LogP contribution in [0.4, 0.5) is 4.79 Å². The quantitative estimate of drug-likeness (QED) is 0.110. The third kappa shape index (κ3) is 14.4. The highest BCUT2D eigenvalue weighted by atomic mass is 16.4. The number of hydrogen-bond donors (Lipinski definition) is 8. The van der Waals surface area contributed by atoms with Gasteiger partial charge in [0.05, 0.1) is 6.54 Å². The summed E-state index contributed by atoms with van der Waals surface area (Å²) < 4.78 is 0. The van der Waals surface area contributed by atoms with Crippen molar-refractivity contribution < 1.29 is 44.1 Å². The Morgan fingerprint density at radius 3 is 1.97 bits per heavy atom. The fourth-order valence-electron chi connectivity index (χ4n) is 2.89. The van der Waals surface area contributed by atoms with Gasteiger partial charge in [-0.15, -0.1) is 0 Å². The fraction of sp³-hybridized carbons (Fsp3) is 0.714. The predicted molar refractivity (Wildman–Crippen MR) is 123 cm³/mol. The number of rotatable bonds is 18. The Morgan fingerprint density at radius 1 is 0.771 bits per heavy atom. The first-order valence-corrected chi connectivity index (χ1v) is 11.5. The molecule has 0 aliphatic carbocycles. The molecule has 0 aromatic rings. The van der Waals surface area contributed by atoms with Crippen molar-refractivity contribution in [3.05, 3.63) is 0 Å². The number of hydrogen-bond acceptors (Lipinski definition) is 7. The zero-order chi connectivity index (χ0) is 27.0. The zero-order valence-corrected chi connectivity index (χ0v) is 20.0. The second kappa shape index (κ2) is 17.1. The van der Waals surface area contributed by atoms with Crippen LogP contribution in [0.1, 0.15) is 65.2 Å². The highest BCUT2D eigenvalue weighted by molar-refractivity contribution is 5.90. The van der Waals surface area contributed by atoms with Crippen molar-refractivity contribution in [1.29, 1.82) is 0 Å². The molecule has 9 N–H and O–H groups in total. The molecule has 0 aliphatic rings. The Hall–Kier alpha value is -3.42. The Kier molecular flexibility index (Phi) is 15.4. The lowest BCUT2D eigenvalue weighted by atomic mass is 10.0. The van der Waals surface area contributed by atoms with Gasteiger partial charge in [0, 0.05) is 6.42 Å². The van der Waals surface area contributed by atoms with E-state index in [-0.39, 0.29) is 25.7 Å². The maximum atomic E-state index is 12.4. The van der Waals surface area contributed by atoms with Crippen molar-refractivity contribution in [2.75, 3.05) is 6.54 Å². The molecule has 0 spiro atoms. The highest BCUT2D eigenvalue weighted by Crippen LogP contribution is 2.05. The van der Waals surface area contributed by atoms with Crippen molar-refractivity contribution in [3.8, 4) is 0 Å². The smallest absolute Gasteiger partial charge is 0.328 e. The summed E-state index contributed by atoms with van der Waals surface area (Å²) in [5, 5.41) is 36.2. The summed E-state index contributed by atoms with van der Waals surface area (Å²) in [6.07, 6.45) is 3.61. The van der Waals surface area contributed by atoms with Crippen LogP contribution in [-0.4, -0.2) is 81.8 Å². The lowest BCUT2D eigenvalue weighted by molar-refractivity contribution is -0.141. The van der Waals surface area contributed by atoms with Gasteiger partial charge in [0.2, 0.25) is 11.8 Å². The van der Waals surface area contributed by atoms with Crippen LogP contribution in [0.15, 0.2) is 0 Å². The molecule has 0 saturated heterocycles. The minimum absolute atomic E-state index is 0.00225. The normalized spacial score (nSPS) is 14.0. The SMILES string of the molecule is CCCCCCC(=O)NC(CNC(=O)N[C@@H](CCCC(N)C(=O)O)C(=O)N[C@H](C)C(=O)O)C(=O)O. The molecular formula is C21H37N5O9.